The van der Waals surface area contributed by atoms with E-state index < -0.39 is 18.0 Å². The number of hydrogen-bond donors (Lipinski definition) is 1. The van der Waals surface area contributed by atoms with Crippen molar-refractivity contribution in [2.75, 3.05) is 25.6 Å². The molecule has 7 heteroatoms. The van der Waals surface area contributed by atoms with Crippen LogP contribution >= 0.6 is 0 Å². The van der Waals surface area contributed by atoms with Crippen molar-refractivity contribution in [2.45, 2.75) is 32.8 Å². The molecule has 1 atom stereocenters. The molecule has 0 saturated carbocycles. The first-order chi connectivity index (χ1) is 14.9. The molecule has 0 aliphatic carbocycles. The van der Waals surface area contributed by atoms with Gasteiger partial charge in [0, 0.05) is 11.8 Å². The molecule has 1 amide bonds. The van der Waals surface area contributed by atoms with Crippen molar-refractivity contribution in [1.82, 2.24) is 0 Å². The molecule has 1 N–H and O–H groups in total. The Balaban J connectivity index is 1.58. The number of methoxy groups -OCH3 is 1. The van der Waals surface area contributed by atoms with E-state index in [4.69, 9.17) is 18.9 Å². The molecule has 1 heterocycles. The highest BCUT2D eigenvalue weighted by atomic mass is 16.6. The van der Waals surface area contributed by atoms with Gasteiger partial charge in [0.1, 0.15) is 13.2 Å². The van der Waals surface area contributed by atoms with Crippen molar-refractivity contribution < 1.29 is 28.5 Å². The molecule has 0 radical (unpaired) electrons. The zero-order valence-electron chi connectivity index (χ0n) is 18.1. The topological polar surface area (TPSA) is 83.1 Å². The summed E-state index contributed by atoms with van der Waals surface area (Å²) < 4.78 is 21.7. The largest absolute Gasteiger partial charge is 0.493 e. The molecule has 0 spiro atoms. The predicted octanol–water partition coefficient (Wildman–Crippen LogP) is 4.17. The van der Waals surface area contributed by atoms with Gasteiger partial charge >= 0.3 is 5.97 Å². The second-order valence-corrected chi connectivity index (χ2v) is 7.43. The first-order valence-corrected chi connectivity index (χ1v) is 10.1. The number of hydrogen-bond acceptors (Lipinski definition) is 6. The summed E-state index contributed by atoms with van der Waals surface area (Å²) in [7, 11) is 1.53. The Morgan fingerprint density at radius 1 is 1.06 bits per heavy atom. The Bertz CT molecular complexity index is 948. The molecule has 1 aliphatic rings. The third-order valence-electron chi connectivity index (χ3n) is 4.77. The fourth-order valence-electron chi connectivity index (χ4n) is 3.02. The van der Waals surface area contributed by atoms with E-state index in [0.29, 0.717) is 47.6 Å². The van der Waals surface area contributed by atoms with Crippen molar-refractivity contribution in [3.8, 4) is 17.2 Å². The summed E-state index contributed by atoms with van der Waals surface area (Å²) in [5, 5.41) is 2.75. The van der Waals surface area contributed by atoms with Gasteiger partial charge in [0.2, 0.25) is 5.75 Å². The Labute approximate surface area is 181 Å². The number of rotatable bonds is 7. The maximum Gasteiger partial charge on any atom is 0.331 e. The van der Waals surface area contributed by atoms with Gasteiger partial charge in [0.15, 0.2) is 17.6 Å². The molecule has 0 unspecified atom stereocenters. The number of amides is 1. The zero-order chi connectivity index (χ0) is 22.4. The van der Waals surface area contributed by atoms with Gasteiger partial charge in [-0.2, -0.15) is 0 Å². The van der Waals surface area contributed by atoms with Crippen LogP contribution in [0, 0.1) is 0 Å². The van der Waals surface area contributed by atoms with E-state index in [2.05, 4.69) is 19.2 Å². The Kier molecular flexibility index (Phi) is 7.18. The van der Waals surface area contributed by atoms with Crippen molar-refractivity contribution >= 4 is 23.6 Å². The first-order valence-electron chi connectivity index (χ1n) is 10.1. The summed E-state index contributed by atoms with van der Waals surface area (Å²) >= 11 is 0. The molecule has 0 aromatic heterocycles. The molecule has 2 aromatic carbocycles. The number of nitrogens with one attached hydrogen (secondary N) is 1. The van der Waals surface area contributed by atoms with Crippen LogP contribution in [0.1, 0.15) is 37.8 Å². The number of esters is 1. The Morgan fingerprint density at radius 3 is 2.45 bits per heavy atom. The molecule has 0 bridgehead atoms. The third kappa shape index (κ3) is 5.78. The van der Waals surface area contributed by atoms with Crippen LogP contribution in [0.2, 0.25) is 0 Å². The van der Waals surface area contributed by atoms with Gasteiger partial charge in [0.25, 0.3) is 5.91 Å². The molecular formula is C24H27NO6. The average Bonchev–Trinajstić information content (AvgIpc) is 2.77. The zero-order valence-corrected chi connectivity index (χ0v) is 18.1. The van der Waals surface area contributed by atoms with Crippen LogP contribution in [0.5, 0.6) is 17.2 Å². The highest BCUT2D eigenvalue weighted by molar-refractivity contribution is 5.96. The van der Waals surface area contributed by atoms with Crippen molar-refractivity contribution in [2.24, 2.45) is 0 Å². The van der Waals surface area contributed by atoms with E-state index in [-0.39, 0.29) is 0 Å². The summed E-state index contributed by atoms with van der Waals surface area (Å²) in [4.78, 5) is 24.5. The lowest BCUT2D eigenvalue weighted by molar-refractivity contribution is -0.148. The van der Waals surface area contributed by atoms with Crippen LogP contribution in [-0.2, 0) is 14.3 Å². The average molecular weight is 425 g/mol. The standard InChI is InChI=1S/C24H27NO6/c1-15(2)18-6-8-19(9-7-18)25-24(27)16(3)31-22(26)10-5-17-13-20(28-4)23-21(14-17)29-11-12-30-23/h5-10,13-16H,11-12H2,1-4H3,(H,25,27)/b10-5+/t16-/m1/s1. The van der Waals surface area contributed by atoms with Crippen molar-refractivity contribution in [3.63, 3.8) is 0 Å². The van der Waals surface area contributed by atoms with Gasteiger partial charge in [-0.15, -0.1) is 0 Å². The molecule has 3 rings (SSSR count). The van der Waals surface area contributed by atoms with Gasteiger partial charge in [-0.05, 0) is 54.3 Å². The predicted molar refractivity (Wildman–Crippen MR) is 118 cm³/mol. The normalized spacial score (nSPS) is 13.7. The van der Waals surface area contributed by atoms with E-state index >= 15 is 0 Å². The number of ether oxygens (including phenoxy) is 4. The van der Waals surface area contributed by atoms with E-state index in [1.807, 2.05) is 24.3 Å². The summed E-state index contributed by atoms with van der Waals surface area (Å²) in [5.41, 5.74) is 2.51. The molecule has 164 valence electrons. The van der Waals surface area contributed by atoms with Gasteiger partial charge in [-0.25, -0.2) is 4.79 Å². The first kappa shape index (κ1) is 22.2. The minimum absolute atomic E-state index is 0.403. The Morgan fingerprint density at radius 2 is 1.77 bits per heavy atom. The lowest BCUT2D eigenvalue weighted by atomic mass is 10.0. The SMILES string of the molecule is COc1cc(/C=C/C(=O)O[C@H](C)C(=O)Nc2ccc(C(C)C)cc2)cc2c1OCCO2. The molecular weight excluding hydrogens is 398 g/mol. The van der Waals surface area contributed by atoms with Gasteiger partial charge in [-0.3, -0.25) is 4.79 Å². The smallest absolute Gasteiger partial charge is 0.331 e. The Hall–Kier alpha value is -3.48. The lowest BCUT2D eigenvalue weighted by Crippen LogP contribution is -2.29. The quantitative estimate of drug-likeness (QED) is 0.529. The summed E-state index contributed by atoms with van der Waals surface area (Å²) in [5.74, 6) is 0.980. The maximum absolute atomic E-state index is 12.3. The van der Waals surface area contributed by atoms with Crippen molar-refractivity contribution in [3.05, 3.63) is 53.6 Å². The van der Waals surface area contributed by atoms with Crippen LogP contribution in [0.3, 0.4) is 0 Å². The van der Waals surface area contributed by atoms with Crippen LogP contribution in [-0.4, -0.2) is 38.3 Å². The molecule has 7 nitrogen and oxygen atoms in total. The minimum atomic E-state index is -0.947. The highest BCUT2D eigenvalue weighted by Crippen LogP contribution is 2.40. The number of anilines is 1. The molecule has 31 heavy (non-hydrogen) atoms. The van der Waals surface area contributed by atoms with Crippen molar-refractivity contribution in [1.29, 1.82) is 0 Å². The maximum atomic E-state index is 12.3. The molecule has 0 saturated heterocycles. The van der Waals surface area contributed by atoms with Crippen LogP contribution in [0.15, 0.2) is 42.5 Å². The molecule has 1 aliphatic heterocycles. The van der Waals surface area contributed by atoms with Crippen LogP contribution in [0.25, 0.3) is 6.08 Å². The van der Waals surface area contributed by atoms with E-state index in [1.165, 1.54) is 25.7 Å². The third-order valence-corrected chi connectivity index (χ3v) is 4.77. The fraction of sp³-hybridized carbons (Fsp3) is 0.333. The number of fused-ring (bicyclic) bond motifs is 1. The highest BCUT2D eigenvalue weighted by Gasteiger charge is 2.19. The van der Waals surface area contributed by atoms with Gasteiger partial charge in [0.05, 0.1) is 7.11 Å². The van der Waals surface area contributed by atoms with Crippen LogP contribution in [0.4, 0.5) is 5.69 Å². The van der Waals surface area contributed by atoms with E-state index in [9.17, 15) is 9.59 Å². The van der Waals surface area contributed by atoms with Gasteiger partial charge < -0.3 is 24.3 Å². The van der Waals surface area contributed by atoms with E-state index in [0.717, 1.165) is 0 Å². The molecule has 0 fully saturated rings. The number of carbonyl (C=O) groups is 2. The minimum Gasteiger partial charge on any atom is -0.493 e. The monoisotopic (exact) mass is 425 g/mol. The molecule has 2 aromatic rings. The summed E-state index contributed by atoms with van der Waals surface area (Å²) in [6, 6.07) is 11.1. The number of benzene rings is 2. The summed E-state index contributed by atoms with van der Waals surface area (Å²) in [6.07, 6.45) is 1.88. The van der Waals surface area contributed by atoms with Gasteiger partial charge in [-0.1, -0.05) is 26.0 Å². The lowest BCUT2D eigenvalue weighted by Gasteiger charge is -2.20. The summed E-state index contributed by atoms with van der Waals surface area (Å²) in [6.45, 7) is 6.62. The number of carbonyl (C=O) groups excluding carboxylic acids is 2. The van der Waals surface area contributed by atoms with Crippen LogP contribution < -0.4 is 19.5 Å². The van der Waals surface area contributed by atoms with E-state index in [1.54, 1.807) is 18.2 Å². The second-order valence-electron chi connectivity index (χ2n) is 7.43. The second kappa shape index (κ2) is 10.0. The fourth-order valence-corrected chi connectivity index (χ4v) is 3.02.